The molecule has 2 rings (SSSR count). The zero-order chi connectivity index (χ0) is 15.6. The number of hydrogen-bond donors (Lipinski definition) is 0. The molecule has 112 valence electrons. The Hall–Kier alpha value is -1.41. The van der Waals surface area contributed by atoms with E-state index in [1.54, 1.807) is 10.7 Å². The fraction of sp³-hybridized carbons (Fsp3) is 0.308. The molecule has 0 bridgehead atoms. The number of nitrogens with zero attached hydrogens (tertiary/aromatic N) is 3. The van der Waals surface area contributed by atoms with Gasteiger partial charge in [-0.15, -0.1) is 0 Å². The maximum Gasteiger partial charge on any atom is 0.270 e. The molecule has 0 unspecified atom stereocenters. The molecular weight excluding hydrogens is 406 g/mol. The molecule has 0 aliphatic rings. The summed E-state index contributed by atoms with van der Waals surface area (Å²) in [4.78, 5) is 10.4. The number of alkyl halides is 1. The minimum atomic E-state index is -0.420. The summed E-state index contributed by atoms with van der Waals surface area (Å²) in [5, 5.41) is 15.6. The van der Waals surface area contributed by atoms with Crippen molar-refractivity contribution in [3.05, 3.63) is 49.7 Å². The van der Waals surface area contributed by atoms with E-state index >= 15 is 0 Å². The van der Waals surface area contributed by atoms with E-state index in [0.29, 0.717) is 17.7 Å². The molecule has 0 atom stereocenters. The molecule has 0 radical (unpaired) electrons. The van der Waals surface area contributed by atoms with Crippen LogP contribution in [0.4, 0.5) is 5.69 Å². The van der Waals surface area contributed by atoms with Gasteiger partial charge in [0, 0.05) is 30.1 Å². The summed E-state index contributed by atoms with van der Waals surface area (Å²) >= 11 is 6.80. The highest BCUT2D eigenvalue weighted by atomic mass is 79.9. The Morgan fingerprint density at radius 1 is 1.48 bits per heavy atom. The van der Waals surface area contributed by atoms with Gasteiger partial charge in [0.05, 0.1) is 20.8 Å². The average molecular weight is 419 g/mol. The third-order valence-corrected chi connectivity index (χ3v) is 4.66. The first-order valence-corrected chi connectivity index (χ1v) is 7.99. The van der Waals surface area contributed by atoms with Crippen LogP contribution in [0.2, 0.25) is 0 Å². The number of benzene rings is 1. The Kier molecular flexibility index (Phi) is 5.00. The minimum Gasteiger partial charge on any atom is -0.487 e. The van der Waals surface area contributed by atoms with Crippen molar-refractivity contribution in [2.45, 2.75) is 18.9 Å². The first-order valence-electron chi connectivity index (χ1n) is 6.08. The van der Waals surface area contributed by atoms with E-state index < -0.39 is 4.92 Å². The summed E-state index contributed by atoms with van der Waals surface area (Å²) in [6.45, 7) is 2.24. The van der Waals surface area contributed by atoms with Crippen LogP contribution < -0.4 is 4.74 Å². The van der Waals surface area contributed by atoms with Gasteiger partial charge in [-0.3, -0.25) is 14.8 Å². The largest absolute Gasteiger partial charge is 0.487 e. The molecule has 0 saturated heterocycles. The van der Waals surface area contributed by atoms with Gasteiger partial charge in [-0.2, -0.15) is 5.10 Å². The van der Waals surface area contributed by atoms with Gasteiger partial charge >= 0.3 is 0 Å². The van der Waals surface area contributed by atoms with E-state index in [4.69, 9.17) is 4.74 Å². The molecule has 0 spiro atoms. The van der Waals surface area contributed by atoms with Gasteiger partial charge in [0.25, 0.3) is 5.69 Å². The van der Waals surface area contributed by atoms with Crippen LogP contribution in [0, 0.1) is 17.0 Å². The molecule has 0 aliphatic carbocycles. The maximum absolute atomic E-state index is 10.8. The molecule has 0 aliphatic heterocycles. The van der Waals surface area contributed by atoms with Gasteiger partial charge in [-0.05, 0) is 28.9 Å². The molecule has 1 aromatic heterocycles. The second-order valence-electron chi connectivity index (χ2n) is 4.44. The molecular formula is C13H13Br2N3O3. The van der Waals surface area contributed by atoms with Crippen LogP contribution in [-0.4, -0.2) is 14.7 Å². The lowest BCUT2D eigenvalue weighted by atomic mass is 10.2. The fourth-order valence-corrected chi connectivity index (χ4v) is 2.80. The number of nitro benzene ring substituents is 1. The lowest BCUT2D eigenvalue weighted by Crippen LogP contribution is -2.05. The van der Waals surface area contributed by atoms with Crippen LogP contribution in [0.25, 0.3) is 0 Å². The van der Waals surface area contributed by atoms with Crippen molar-refractivity contribution in [2.75, 3.05) is 0 Å². The SMILES string of the molecule is Cc1nn(C)c(COc2ccc([N+](=O)[O-])cc2CBr)c1Br. The number of rotatable bonds is 5. The molecule has 6 nitrogen and oxygen atoms in total. The van der Waals surface area contributed by atoms with E-state index in [0.717, 1.165) is 21.4 Å². The normalized spacial score (nSPS) is 10.7. The van der Waals surface area contributed by atoms with Crippen molar-refractivity contribution in [3.63, 3.8) is 0 Å². The standard InChI is InChI=1S/C13H13Br2N3O3/c1-8-13(15)11(17(2)16-8)7-21-12-4-3-10(18(19)20)5-9(12)6-14/h3-5H,6-7H2,1-2H3. The molecule has 1 heterocycles. The summed E-state index contributed by atoms with van der Waals surface area (Å²) in [5.74, 6) is 0.614. The molecule has 1 aromatic carbocycles. The number of halogens is 2. The van der Waals surface area contributed by atoms with Crippen molar-refractivity contribution in [3.8, 4) is 5.75 Å². The number of aryl methyl sites for hydroxylation is 2. The number of non-ortho nitro benzene ring substituents is 1. The molecule has 21 heavy (non-hydrogen) atoms. The second kappa shape index (κ2) is 6.57. The average Bonchev–Trinajstić information content (AvgIpc) is 2.70. The third-order valence-electron chi connectivity index (χ3n) is 3.02. The molecule has 8 heteroatoms. The Balaban J connectivity index is 2.22. The van der Waals surface area contributed by atoms with Gasteiger partial charge in [-0.25, -0.2) is 0 Å². The van der Waals surface area contributed by atoms with Crippen LogP contribution in [-0.2, 0) is 19.0 Å². The van der Waals surface area contributed by atoms with Crippen LogP contribution in [0.3, 0.4) is 0 Å². The molecule has 0 fully saturated rings. The molecule has 0 amide bonds. The summed E-state index contributed by atoms with van der Waals surface area (Å²) < 4.78 is 8.44. The van der Waals surface area contributed by atoms with Crippen molar-refractivity contribution < 1.29 is 9.66 Å². The summed E-state index contributed by atoms with van der Waals surface area (Å²) in [5.41, 5.74) is 2.58. The third kappa shape index (κ3) is 3.44. The highest BCUT2D eigenvalue weighted by Gasteiger charge is 2.14. The number of aromatic nitrogens is 2. The Morgan fingerprint density at radius 3 is 2.71 bits per heavy atom. The van der Waals surface area contributed by atoms with E-state index in [-0.39, 0.29) is 5.69 Å². The second-order valence-corrected chi connectivity index (χ2v) is 5.79. The van der Waals surface area contributed by atoms with Crippen LogP contribution in [0.5, 0.6) is 5.75 Å². The topological polar surface area (TPSA) is 70.2 Å². The Labute approximate surface area is 138 Å². The fourth-order valence-electron chi connectivity index (χ4n) is 1.91. The van der Waals surface area contributed by atoms with Crippen molar-refractivity contribution >= 4 is 37.5 Å². The van der Waals surface area contributed by atoms with Gasteiger partial charge in [-0.1, -0.05) is 15.9 Å². The van der Waals surface area contributed by atoms with Gasteiger partial charge in [0.15, 0.2) is 0 Å². The smallest absolute Gasteiger partial charge is 0.270 e. The summed E-state index contributed by atoms with van der Waals surface area (Å²) in [6, 6.07) is 4.56. The lowest BCUT2D eigenvalue weighted by Gasteiger charge is -2.10. The van der Waals surface area contributed by atoms with Crippen molar-refractivity contribution in [1.82, 2.24) is 9.78 Å². The van der Waals surface area contributed by atoms with Gasteiger partial charge in [0.2, 0.25) is 0 Å². The van der Waals surface area contributed by atoms with E-state index in [1.807, 2.05) is 14.0 Å². The monoisotopic (exact) mass is 417 g/mol. The molecule has 0 saturated carbocycles. The number of nitro groups is 1. The Bertz CT molecular complexity index is 686. The minimum absolute atomic E-state index is 0.0503. The maximum atomic E-state index is 10.8. The van der Waals surface area contributed by atoms with E-state index in [9.17, 15) is 10.1 Å². The predicted octanol–water partition coefficient (Wildman–Crippen LogP) is 3.87. The van der Waals surface area contributed by atoms with E-state index in [1.165, 1.54) is 12.1 Å². The number of hydrogen-bond acceptors (Lipinski definition) is 4. The van der Waals surface area contributed by atoms with Crippen molar-refractivity contribution in [1.29, 1.82) is 0 Å². The lowest BCUT2D eigenvalue weighted by molar-refractivity contribution is -0.384. The highest BCUT2D eigenvalue weighted by Crippen LogP contribution is 2.28. The summed E-state index contributed by atoms with van der Waals surface area (Å²) in [6.07, 6.45) is 0. The quantitative estimate of drug-likeness (QED) is 0.419. The van der Waals surface area contributed by atoms with Gasteiger partial charge in [0.1, 0.15) is 12.4 Å². The van der Waals surface area contributed by atoms with Crippen LogP contribution in [0.1, 0.15) is 17.0 Å². The highest BCUT2D eigenvalue weighted by molar-refractivity contribution is 9.10. The zero-order valence-electron chi connectivity index (χ0n) is 11.5. The summed E-state index contributed by atoms with van der Waals surface area (Å²) in [7, 11) is 1.84. The predicted molar refractivity (Wildman–Crippen MR) is 85.7 cm³/mol. The van der Waals surface area contributed by atoms with Gasteiger partial charge < -0.3 is 4.74 Å². The molecule has 0 N–H and O–H groups in total. The molecule has 2 aromatic rings. The van der Waals surface area contributed by atoms with Crippen LogP contribution in [0.15, 0.2) is 22.7 Å². The first kappa shape index (κ1) is 16.0. The first-order chi connectivity index (χ1) is 9.93. The zero-order valence-corrected chi connectivity index (χ0v) is 14.6. The van der Waals surface area contributed by atoms with Crippen LogP contribution >= 0.6 is 31.9 Å². The number of ether oxygens (including phenoxy) is 1. The van der Waals surface area contributed by atoms with Crippen molar-refractivity contribution in [2.24, 2.45) is 7.05 Å². The van der Waals surface area contributed by atoms with E-state index in [2.05, 4.69) is 37.0 Å². The Morgan fingerprint density at radius 2 is 2.19 bits per heavy atom.